The summed E-state index contributed by atoms with van der Waals surface area (Å²) < 4.78 is 9.70. The number of carbonyl (C=O) groups is 1. The van der Waals surface area contributed by atoms with Crippen LogP contribution in [0.25, 0.3) is 0 Å². The molecule has 17 heavy (non-hydrogen) atoms. The molecule has 90 valence electrons. The van der Waals surface area contributed by atoms with E-state index < -0.39 is 12.2 Å². The lowest BCUT2D eigenvalue weighted by atomic mass is 10.2. The van der Waals surface area contributed by atoms with Crippen LogP contribution in [0.15, 0.2) is 24.3 Å². The average molecular weight is 255 g/mol. The van der Waals surface area contributed by atoms with Crippen molar-refractivity contribution < 1.29 is 14.3 Å². The van der Waals surface area contributed by atoms with Crippen molar-refractivity contribution in [2.24, 2.45) is 5.73 Å². The van der Waals surface area contributed by atoms with Gasteiger partial charge in [-0.15, -0.1) is 0 Å². The molecule has 0 aromatic heterocycles. The Morgan fingerprint density at radius 1 is 1.53 bits per heavy atom. The third kappa shape index (κ3) is 4.72. The van der Waals surface area contributed by atoms with Crippen LogP contribution in [-0.4, -0.2) is 18.8 Å². The second kappa shape index (κ2) is 6.74. The number of hydrogen-bond donors (Lipinski definition) is 1. The molecule has 0 aliphatic carbocycles. The van der Waals surface area contributed by atoms with Crippen LogP contribution in [0.2, 0.25) is 5.02 Å². The van der Waals surface area contributed by atoms with Crippen molar-refractivity contribution in [3.8, 4) is 6.07 Å². The Balaban J connectivity index is 2.40. The lowest BCUT2D eigenvalue weighted by molar-refractivity contribution is 0.0404. The number of rotatable bonds is 5. The van der Waals surface area contributed by atoms with Gasteiger partial charge < -0.3 is 15.2 Å². The van der Waals surface area contributed by atoms with Gasteiger partial charge in [-0.2, -0.15) is 5.26 Å². The number of nitrogens with zero attached hydrogens (tertiary/aromatic N) is 1. The first-order chi connectivity index (χ1) is 8.13. The molecule has 0 unspecified atom stereocenters. The van der Waals surface area contributed by atoms with E-state index in [0.29, 0.717) is 5.02 Å². The Labute approximate surface area is 104 Å². The Kier molecular flexibility index (Phi) is 5.27. The van der Waals surface area contributed by atoms with Gasteiger partial charge in [-0.05, 0) is 11.6 Å². The summed E-state index contributed by atoms with van der Waals surface area (Å²) in [6, 6.07) is 8.93. The zero-order valence-electron chi connectivity index (χ0n) is 8.93. The first-order valence-electron chi connectivity index (χ1n) is 4.80. The Morgan fingerprint density at radius 3 is 2.82 bits per heavy atom. The fraction of sp³-hybridized carbons (Fsp3) is 0.273. The summed E-state index contributed by atoms with van der Waals surface area (Å²) in [6.07, 6.45) is -2.01. The number of nitrogens with two attached hydrogens (primary N) is 1. The fourth-order valence-electron chi connectivity index (χ4n) is 1.13. The molecule has 0 aliphatic rings. The predicted octanol–water partition coefficient (Wildman–Crippen LogP) is 1.84. The van der Waals surface area contributed by atoms with E-state index in [9.17, 15) is 4.79 Å². The standard InChI is InChI=1S/C11H11ClN2O3/c12-10-4-2-1-3-8(10)6-16-7-9(5-13)17-11(14)15/h1-4,9H,6-7H2,(H2,14,15)/t9-/m1/s1. The van der Waals surface area contributed by atoms with Gasteiger partial charge in [0.25, 0.3) is 0 Å². The molecule has 0 radical (unpaired) electrons. The molecule has 0 aliphatic heterocycles. The van der Waals surface area contributed by atoms with Crippen LogP contribution >= 0.6 is 11.6 Å². The normalized spacial score (nSPS) is 11.5. The lowest BCUT2D eigenvalue weighted by Crippen LogP contribution is -2.25. The van der Waals surface area contributed by atoms with Gasteiger partial charge in [0.15, 0.2) is 0 Å². The number of benzene rings is 1. The fourth-order valence-corrected chi connectivity index (χ4v) is 1.32. The smallest absolute Gasteiger partial charge is 0.405 e. The van der Waals surface area contributed by atoms with Crippen molar-refractivity contribution in [2.75, 3.05) is 6.61 Å². The SMILES string of the molecule is N#C[C@H](COCc1ccccc1Cl)OC(N)=O. The number of carbonyl (C=O) groups excluding carboxylic acids is 1. The molecule has 1 amide bonds. The van der Waals surface area contributed by atoms with E-state index in [1.54, 1.807) is 24.3 Å². The molecule has 5 nitrogen and oxygen atoms in total. The molecule has 0 heterocycles. The van der Waals surface area contributed by atoms with Gasteiger partial charge in [0, 0.05) is 5.02 Å². The molecule has 1 atom stereocenters. The van der Waals surface area contributed by atoms with Crippen molar-refractivity contribution in [3.05, 3.63) is 34.9 Å². The molecular formula is C11H11ClN2O3. The van der Waals surface area contributed by atoms with E-state index in [1.807, 2.05) is 6.07 Å². The van der Waals surface area contributed by atoms with Crippen LogP contribution in [0.4, 0.5) is 4.79 Å². The summed E-state index contributed by atoms with van der Waals surface area (Å²) in [5.41, 5.74) is 5.58. The molecular weight excluding hydrogens is 244 g/mol. The molecule has 2 N–H and O–H groups in total. The number of primary amides is 1. The average Bonchev–Trinajstić information content (AvgIpc) is 2.29. The number of halogens is 1. The van der Waals surface area contributed by atoms with E-state index in [1.165, 1.54) is 0 Å². The maximum Gasteiger partial charge on any atom is 0.405 e. The highest BCUT2D eigenvalue weighted by molar-refractivity contribution is 6.31. The Bertz CT molecular complexity index is 431. The van der Waals surface area contributed by atoms with Crippen molar-refractivity contribution in [3.63, 3.8) is 0 Å². The number of hydrogen-bond acceptors (Lipinski definition) is 4. The van der Waals surface area contributed by atoms with Gasteiger partial charge in [-0.1, -0.05) is 29.8 Å². The second-order valence-electron chi connectivity index (χ2n) is 3.16. The monoisotopic (exact) mass is 254 g/mol. The van der Waals surface area contributed by atoms with Crippen LogP contribution in [0.3, 0.4) is 0 Å². The third-order valence-electron chi connectivity index (χ3n) is 1.89. The minimum atomic E-state index is -1.00. The van der Waals surface area contributed by atoms with E-state index in [2.05, 4.69) is 4.74 Å². The summed E-state index contributed by atoms with van der Waals surface area (Å²) >= 11 is 5.91. The molecule has 0 saturated heterocycles. The molecule has 0 fully saturated rings. The third-order valence-corrected chi connectivity index (χ3v) is 2.26. The maximum atomic E-state index is 10.4. The minimum Gasteiger partial charge on any atom is -0.428 e. The molecule has 1 rings (SSSR count). The van der Waals surface area contributed by atoms with Crippen molar-refractivity contribution in [2.45, 2.75) is 12.7 Å². The minimum absolute atomic E-state index is 0.0509. The number of ether oxygens (including phenoxy) is 2. The molecule has 0 bridgehead atoms. The summed E-state index contributed by atoms with van der Waals surface area (Å²) in [6.45, 7) is 0.185. The van der Waals surface area contributed by atoms with Crippen LogP contribution in [0.5, 0.6) is 0 Å². The molecule has 6 heteroatoms. The van der Waals surface area contributed by atoms with Gasteiger partial charge in [-0.25, -0.2) is 4.79 Å². The Morgan fingerprint density at radius 2 is 2.24 bits per heavy atom. The van der Waals surface area contributed by atoms with Gasteiger partial charge >= 0.3 is 6.09 Å². The molecule has 0 spiro atoms. The lowest BCUT2D eigenvalue weighted by Gasteiger charge is -2.10. The maximum absolute atomic E-state index is 10.4. The topological polar surface area (TPSA) is 85.3 Å². The predicted molar refractivity (Wildman–Crippen MR) is 61.2 cm³/mol. The first-order valence-corrected chi connectivity index (χ1v) is 5.18. The summed E-state index contributed by atoms with van der Waals surface area (Å²) in [7, 11) is 0. The number of amides is 1. The number of nitriles is 1. The van der Waals surface area contributed by atoms with Gasteiger partial charge in [0.2, 0.25) is 6.10 Å². The summed E-state index contributed by atoms with van der Waals surface area (Å²) in [5.74, 6) is 0. The molecule has 0 saturated carbocycles. The van der Waals surface area contributed by atoms with E-state index in [4.69, 9.17) is 27.3 Å². The molecule has 1 aromatic carbocycles. The zero-order chi connectivity index (χ0) is 12.7. The molecule has 1 aromatic rings. The van der Waals surface area contributed by atoms with Crippen LogP contribution in [0, 0.1) is 11.3 Å². The highest BCUT2D eigenvalue weighted by atomic mass is 35.5. The van der Waals surface area contributed by atoms with Crippen LogP contribution in [-0.2, 0) is 16.1 Å². The summed E-state index contributed by atoms with van der Waals surface area (Å²) in [5, 5.41) is 9.22. The highest BCUT2D eigenvalue weighted by Crippen LogP contribution is 2.15. The summed E-state index contributed by atoms with van der Waals surface area (Å²) in [4.78, 5) is 10.4. The first kappa shape index (κ1) is 13.3. The van der Waals surface area contributed by atoms with E-state index in [0.717, 1.165) is 5.56 Å². The van der Waals surface area contributed by atoms with Crippen molar-refractivity contribution >= 4 is 17.7 Å². The van der Waals surface area contributed by atoms with Crippen LogP contribution < -0.4 is 5.73 Å². The second-order valence-corrected chi connectivity index (χ2v) is 3.57. The van der Waals surface area contributed by atoms with Crippen LogP contribution in [0.1, 0.15) is 5.56 Å². The van der Waals surface area contributed by atoms with Crippen molar-refractivity contribution in [1.82, 2.24) is 0 Å². The highest BCUT2D eigenvalue weighted by Gasteiger charge is 2.11. The quantitative estimate of drug-likeness (QED) is 0.869. The Hall–Kier alpha value is -1.77. The van der Waals surface area contributed by atoms with Crippen molar-refractivity contribution in [1.29, 1.82) is 5.26 Å². The van der Waals surface area contributed by atoms with Gasteiger partial charge in [0.05, 0.1) is 13.2 Å². The van der Waals surface area contributed by atoms with E-state index in [-0.39, 0.29) is 13.2 Å². The van der Waals surface area contributed by atoms with E-state index >= 15 is 0 Å². The van der Waals surface area contributed by atoms with Gasteiger partial charge in [0.1, 0.15) is 6.07 Å². The van der Waals surface area contributed by atoms with Gasteiger partial charge in [-0.3, -0.25) is 0 Å². The zero-order valence-corrected chi connectivity index (χ0v) is 9.68. The largest absolute Gasteiger partial charge is 0.428 e.